The van der Waals surface area contributed by atoms with Crippen molar-refractivity contribution in [1.29, 1.82) is 0 Å². The Kier molecular flexibility index (Phi) is 3.42. The van der Waals surface area contributed by atoms with Crippen molar-refractivity contribution in [2.45, 2.75) is 44.6 Å². The molecular weight excluding hydrogens is 182 g/mol. The minimum absolute atomic E-state index is 0.289. The molecule has 0 aliphatic heterocycles. The van der Waals surface area contributed by atoms with Crippen molar-refractivity contribution in [3.05, 3.63) is 35.9 Å². The van der Waals surface area contributed by atoms with Crippen LogP contribution in [0.4, 0.5) is 0 Å². The van der Waals surface area contributed by atoms with Gasteiger partial charge in [0.25, 0.3) is 0 Å². The maximum absolute atomic E-state index is 3.76. The standard InChI is InChI=1S/C14H21N/c1-2-12-15-14(10-6-7-11-14)13-8-4-3-5-9-13/h3-5,8-9,15H,2,6-7,10-12H2,1H3. The Hall–Kier alpha value is -0.820. The third-order valence-electron chi connectivity index (χ3n) is 3.50. The zero-order valence-corrected chi connectivity index (χ0v) is 9.63. The van der Waals surface area contributed by atoms with E-state index in [4.69, 9.17) is 0 Å². The molecule has 0 unspecified atom stereocenters. The maximum atomic E-state index is 3.76. The molecule has 0 heterocycles. The molecule has 1 aromatic rings. The first-order valence-electron chi connectivity index (χ1n) is 6.18. The van der Waals surface area contributed by atoms with Crippen LogP contribution in [0.2, 0.25) is 0 Å². The first kappa shape index (κ1) is 10.7. The van der Waals surface area contributed by atoms with E-state index < -0.39 is 0 Å². The van der Waals surface area contributed by atoms with E-state index in [2.05, 4.69) is 42.6 Å². The lowest BCUT2D eigenvalue weighted by Gasteiger charge is -2.31. The van der Waals surface area contributed by atoms with Gasteiger partial charge in [0.05, 0.1) is 0 Å². The average Bonchev–Trinajstić information content (AvgIpc) is 2.78. The first-order chi connectivity index (χ1) is 7.37. The van der Waals surface area contributed by atoms with Crippen molar-refractivity contribution in [3.63, 3.8) is 0 Å². The highest BCUT2D eigenvalue weighted by molar-refractivity contribution is 5.25. The number of rotatable bonds is 4. The fraction of sp³-hybridized carbons (Fsp3) is 0.571. The number of hydrogen-bond acceptors (Lipinski definition) is 1. The summed E-state index contributed by atoms with van der Waals surface area (Å²) in [6.07, 6.45) is 6.56. The van der Waals surface area contributed by atoms with Crippen molar-refractivity contribution < 1.29 is 0 Å². The molecule has 0 saturated heterocycles. The van der Waals surface area contributed by atoms with Crippen LogP contribution >= 0.6 is 0 Å². The van der Waals surface area contributed by atoms with Gasteiger partial charge in [-0.3, -0.25) is 0 Å². The molecule has 0 radical (unpaired) electrons. The second-order valence-electron chi connectivity index (χ2n) is 4.58. The summed E-state index contributed by atoms with van der Waals surface area (Å²) in [5, 5.41) is 3.76. The molecule has 1 fully saturated rings. The molecule has 1 aliphatic carbocycles. The molecule has 0 amide bonds. The van der Waals surface area contributed by atoms with Gasteiger partial charge >= 0.3 is 0 Å². The van der Waals surface area contributed by atoms with E-state index in [0.29, 0.717) is 0 Å². The molecule has 1 aliphatic rings. The smallest absolute Gasteiger partial charge is 0.0434 e. The summed E-state index contributed by atoms with van der Waals surface area (Å²) in [6.45, 7) is 3.37. The molecule has 0 atom stereocenters. The molecule has 1 heteroatoms. The van der Waals surface area contributed by atoms with Crippen LogP contribution in [-0.4, -0.2) is 6.54 Å². The van der Waals surface area contributed by atoms with Gasteiger partial charge in [0.1, 0.15) is 0 Å². The molecule has 1 aromatic carbocycles. The van der Waals surface area contributed by atoms with Crippen LogP contribution in [-0.2, 0) is 5.54 Å². The number of nitrogens with one attached hydrogen (secondary N) is 1. The van der Waals surface area contributed by atoms with E-state index in [1.807, 2.05) is 0 Å². The highest BCUT2D eigenvalue weighted by Gasteiger charge is 2.34. The van der Waals surface area contributed by atoms with Gasteiger partial charge in [-0.25, -0.2) is 0 Å². The van der Waals surface area contributed by atoms with Crippen molar-refractivity contribution in [3.8, 4) is 0 Å². The summed E-state index contributed by atoms with van der Waals surface area (Å²) < 4.78 is 0. The third kappa shape index (κ3) is 2.23. The molecule has 15 heavy (non-hydrogen) atoms. The fourth-order valence-electron chi connectivity index (χ4n) is 2.67. The quantitative estimate of drug-likeness (QED) is 0.790. The van der Waals surface area contributed by atoms with Crippen LogP contribution in [0, 0.1) is 0 Å². The SMILES string of the molecule is CCCNC1(c2ccccc2)CCCC1. The van der Waals surface area contributed by atoms with Gasteiger partial charge in [-0.2, -0.15) is 0 Å². The lowest BCUT2D eigenvalue weighted by atomic mass is 9.88. The van der Waals surface area contributed by atoms with Gasteiger partial charge in [0, 0.05) is 5.54 Å². The van der Waals surface area contributed by atoms with Gasteiger partial charge in [0.15, 0.2) is 0 Å². The minimum Gasteiger partial charge on any atom is -0.307 e. The molecule has 0 aromatic heterocycles. The van der Waals surface area contributed by atoms with Crippen molar-refractivity contribution in [1.82, 2.24) is 5.32 Å². The predicted octanol–water partition coefficient (Wildman–Crippen LogP) is 3.46. The predicted molar refractivity (Wildman–Crippen MR) is 64.9 cm³/mol. The van der Waals surface area contributed by atoms with E-state index >= 15 is 0 Å². The van der Waals surface area contributed by atoms with Gasteiger partial charge < -0.3 is 5.32 Å². The summed E-state index contributed by atoms with van der Waals surface area (Å²) in [4.78, 5) is 0. The lowest BCUT2D eigenvalue weighted by molar-refractivity contribution is 0.342. The molecule has 1 nitrogen and oxygen atoms in total. The van der Waals surface area contributed by atoms with E-state index in [0.717, 1.165) is 6.54 Å². The molecule has 1 saturated carbocycles. The topological polar surface area (TPSA) is 12.0 Å². The average molecular weight is 203 g/mol. The van der Waals surface area contributed by atoms with Crippen LogP contribution in [0.3, 0.4) is 0 Å². The van der Waals surface area contributed by atoms with Gasteiger partial charge in [-0.05, 0) is 31.4 Å². The Morgan fingerprint density at radius 1 is 1.13 bits per heavy atom. The second-order valence-corrected chi connectivity index (χ2v) is 4.58. The summed E-state index contributed by atoms with van der Waals surface area (Å²) >= 11 is 0. The maximum Gasteiger partial charge on any atom is 0.0434 e. The zero-order valence-electron chi connectivity index (χ0n) is 9.63. The van der Waals surface area contributed by atoms with Crippen molar-refractivity contribution >= 4 is 0 Å². The van der Waals surface area contributed by atoms with E-state index in [-0.39, 0.29) is 5.54 Å². The van der Waals surface area contributed by atoms with Crippen LogP contribution in [0.25, 0.3) is 0 Å². The highest BCUT2D eigenvalue weighted by atomic mass is 15.0. The van der Waals surface area contributed by atoms with Gasteiger partial charge in [-0.15, -0.1) is 0 Å². The van der Waals surface area contributed by atoms with Gasteiger partial charge in [0.2, 0.25) is 0 Å². The van der Waals surface area contributed by atoms with Crippen LogP contribution in [0.1, 0.15) is 44.6 Å². The summed E-state index contributed by atoms with van der Waals surface area (Å²) in [5.41, 5.74) is 1.77. The lowest BCUT2D eigenvalue weighted by Crippen LogP contribution is -2.40. The molecule has 2 rings (SSSR count). The van der Waals surface area contributed by atoms with E-state index in [1.54, 1.807) is 0 Å². The molecular formula is C14H21N. The molecule has 82 valence electrons. The summed E-state index contributed by atoms with van der Waals surface area (Å²) in [5.74, 6) is 0. The highest BCUT2D eigenvalue weighted by Crippen LogP contribution is 2.38. The van der Waals surface area contributed by atoms with Crippen molar-refractivity contribution in [2.75, 3.05) is 6.54 Å². The zero-order chi connectivity index (χ0) is 10.6. The molecule has 1 N–H and O–H groups in total. The molecule has 0 bridgehead atoms. The van der Waals surface area contributed by atoms with Crippen LogP contribution in [0.15, 0.2) is 30.3 Å². The van der Waals surface area contributed by atoms with E-state index in [1.165, 1.54) is 37.7 Å². The summed E-state index contributed by atoms with van der Waals surface area (Å²) in [6, 6.07) is 11.0. The minimum atomic E-state index is 0.289. The Balaban J connectivity index is 2.19. The van der Waals surface area contributed by atoms with Crippen LogP contribution < -0.4 is 5.32 Å². The van der Waals surface area contributed by atoms with Gasteiger partial charge in [-0.1, -0.05) is 50.1 Å². The fourth-order valence-corrected chi connectivity index (χ4v) is 2.67. The largest absolute Gasteiger partial charge is 0.307 e. The van der Waals surface area contributed by atoms with E-state index in [9.17, 15) is 0 Å². The first-order valence-corrected chi connectivity index (χ1v) is 6.18. The Morgan fingerprint density at radius 2 is 1.80 bits per heavy atom. The van der Waals surface area contributed by atoms with Crippen molar-refractivity contribution in [2.24, 2.45) is 0 Å². The second kappa shape index (κ2) is 4.80. The Bertz CT molecular complexity index is 285. The normalized spacial score (nSPS) is 19.3. The summed E-state index contributed by atoms with van der Waals surface area (Å²) in [7, 11) is 0. The monoisotopic (exact) mass is 203 g/mol. The number of hydrogen-bond donors (Lipinski definition) is 1. The van der Waals surface area contributed by atoms with Crippen LogP contribution in [0.5, 0.6) is 0 Å². The Labute approximate surface area is 92.9 Å². The Morgan fingerprint density at radius 3 is 2.40 bits per heavy atom. The molecule has 0 spiro atoms. The third-order valence-corrected chi connectivity index (χ3v) is 3.50. The number of benzene rings is 1.